The van der Waals surface area contributed by atoms with E-state index < -0.39 is 11.7 Å². The van der Waals surface area contributed by atoms with Gasteiger partial charge in [-0.05, 0) is 19.2 Å². The molecule has 1 aromatic carbocycles. The summed E-state index contributed by atoms with van der Waals surface area (Å²) >= 11 is 0. The van der Waals surface area contributed by atoms with Crippen molar-refractivity contribution in [1.29, 1.82) is 0 Å². The molecular weight excluding hydrogens is 297 g/mol. The molecule has 1 amide bonds. The number of rotatable bonds is 3. The van der Waals surface area contributed by atoms with Crippen LogP contribution in [0, 0.1) is 5.82 Å². The van der Waals surface area contributed by atoms with E-state index in [1.807, 2.05) is 0 Å². The SMILES string of the molecule is CN1CCN(c2cc(NC(=O)c3ccccc3F)ncn2)CC1. The van der Waals surface area contributed by atoms with Crippen LogP contribution in [0.5, 0.6) is 0 Å². The Labute approximate surface area is 134 Å². The van der Waals surface area contributed by atoms with Crippen LogP contribution in [0.2, 0.25) is 0 Å². The van der Waals surface area contributed by atoms with Gasteiger partial charge in [-0.2, -0.15) is 0 Å². The number of nitrogens with one attached hydrogen (secondary N) is 1. The second-order valence-corrected chi connectivity index (χ2v) is 5.49. The van der Waals surface area contributed by atoms with Crippen LogP contribution in [0.4, 0.5) is 16.0 Å². The topological polar surface area (TPSA) is 61.4 Å². The highest BCUT2D eigenvalue weighted by atomic mass is 19.1. The first-order valence-corrected chi connectivity index (χ1v) is 7.45. The van der Waals surface area contributed by atoms with Crippen molar-refractivity contribution in [2.75, 3.05) is 43.4 Å². The summed E-state index contributed by atoms with van der Waals surface area (Å²) in [4.78, 5) is 24.8. The van der Waals surface area contributed by atoms with Crippen LogP contribution in [-0.2, 0) is 0 Å². The fraction of sp³-hybridized carbons (Fsp3) is 0.312. The molecule has 1 aliphatic rings. The van der Waals surface area contributed by atoms with Crippen molar-refractivity contribution in [2.45, 2.75) is 0 Å². The third kappa shape index (κ3) is 3.62. The number of benzene rings is 1. The van der Waals surface area contributed by atoms with Gasteiger partial charge in [0.2, 0.25) is 0 Å². The fourth-order valence-electron chi connectivity index (χ4n) is 2.45. The van der Waals surface area contributed by atoms with Crippen LogP contribution in [0.25, 0.3) is 0 Å². The van der Waals surface area contributed by atoms with Gasteiger partial charge in [0.15, 0.2) is 0 Å². The van der Waals surface area contributed by atoms with Gasteiger partial charge >= 0.3 is 0 Å². The van der Waals surface area contributed by atoms with Gasteiger partial charge in [0.05, 0.1) is 5.56 Å². The molecule has 120 valence electrons. The molecule has 0 unspecified atom stereocenters. The van der Waals surface area contributed by atoms with Crippen molar-refractivity contribution in [3.8, 4) is 0 Å². The molecule has 6 nitrogen and oxygen atoms in total. The van der Waals surface area contributed by atoms with Crippen LogP contribution >= 0.6 is 0 Å². The second-order valence-electron chi connectivity index (χ2n) is 5.49. The molecule has 1 N–H and O–H groups in total. The van der Waals surface area contributed by atoms with E-state index in [1.165, 1.54) is 18.5 Å². The van der Waals surface area contributed by atoms with Crippen LogP contribution in [0.3, 0.4) is 0 Å². The van der Waals surface area contributed by atoms with Crippen molar-refractivity contribution in [3.63, 3.8) is 0 Å². The number of likely N-dealkylation sites (N-methyl/N-ethyl adjacent to an activating group) is 1. The Balaban J connectivity index is 1.73. The highest BCUT2D eigenvalue weighted by molar-refractivity contribution is 6.04. The van der Waals surface area contributed by atoms with Gasteiger partial charge in [-0.3, -0.25) is 4.79 Å². The van der Waals surface area contributed by atoms with Crippen molar-refractivity contribution in [2.24, 2.45) is 0 Å². The van der Waals surface area contributed by atoms with E-state index in [0.717, 1.165) is 32.0 Å². The quantitative estimate of drug-likeness (QED) is 0.932. The van der Waals surface area contributed by atoms with E-state index in [4.69, 9.17) is 0 Å². The van der Waals surface area contributed by atoms with E-state index in [2.05, 4.69) is 32.1 Å². The van der Waals surface area contributed by atoms with Crippen molar-refractivity contribution >= 4 is 17.5 Å². The molecule has 1 fully saturated rings. The van der Waals surface area contributed by atoms with Gasteiger partial charge in [-0.25, -0.2) is 14.4 Å². The monoisotopic (exact) mass is 315 g/mol. The van der Waals surface area contributed by atoms with Crippen molar-refractivity contribution < 1.29 is 9.18 Å². The third-order valence-electron chi connectivity index (χ3n) is 3.84. The smallest absolute Gasteiger partial charge is 0.259 e. The number of halogens is 1. The second kappa shape index (κ2) is 6.70. The maximum Gasteiger partial charge on any atom is 0.259 e. The lowest BCUT2D eigenvalue weighted by Crippen LogP contribution is -2.44. The molecule has 1 aromatic heterocycles. The van der Waals surface area contributed by atoms with Gasteiger partial charge in [0, 0.05) is 32.2 Å². The van der Waals surface area contributed by atoms with Gasteiger partial charge < -0.3 is 15.1 Å². The molecule has 3 rings (SSSR count). The molecule has 2 aromatic rings. The highest BCUT2D eigenvalue weighted by Crippen LogP contribution is 2.17. The first-order chi connectivity index (χ1) is 11.1. The minimum Gasteiger partial charge on any atom is -0.354 e. The zero-order valence-corrected chi connectivity index (χ0v) is 12.9. The van der Waals surface area contributed by atoms with Gasteiger partial charge in [0.25, 0.3) is 5.91 Å². The Bertz CT molecular complexity index is 700. The molecule has 23 heavy (non-hydrogen) atoms. The maximum atomic E-state index is 13.6. The van der Waals surface area contributed by atoms with Gasteiger partial charge in [-0.1, -0.05) is 12.1 Å². The summed E-state index contributed by atoms with van der Waals surface area (Å²) in [6.07, 6.45) is 1.41. The number of hydrogen-bond acceptors (Lipinski definition) is 5. The minimum absolute atomic E-state index is 0.00717. The fourth-order valence-corrected chi connectivity index (χ4v) is 2.45. The number of nitrogens with zero attached hydrogens (tertiary/aromatic N) is 4. The summed E-state index contributed by atoms with van der Waals surface area (Å²) in [5.74, 6) is 0.0450. The Morgan fingerprint density at radius 1 is 1.17 bits per heavy atom. The number of anilines is 2. The molecule has 0 spiro atoms. The number of piperazine rings is 1. The molecule has 0 atom stereocenters. The van der Waals surface area contributed by atoms with E-state index in [-0.39, 0.29) is 5.56 Å². The van der Waals surface area contributed by atoms with Crippen LogP contribution in [-0.4, -0.2) is 54.0 Å². The third-order valence-corrected chi connectivity index (χ3v) is 3.84. The summed E-state index contributed by atoms with van der Waals surface area (Å²) < 4.78 is 13.6. The summed E-state index contributed by atoms with van der Waals surface area (Å²) in [5.41, 5.74) is -0.00717. The van der Waals surface area contributed by atoms with Gasteiger partial charge in [0.1, 0.15) is 23.8 Å². The van der Waals surface area contributed by atoms with E-state index in [9.17, 15) is 9.18 Å². The predicted molar refractivity (Wildman–Crippen MR) is 86.1 cm³/mol. The number of hydrogen-bond donors (Lipinski definition) is 1. The summed E-state index contributed by atoms with van der Waals surface area (Å²) in [7, 11) is 2.08. The Morgan fingerprint density at radius 3 is 2.65 bits per heavy atom. The maximum absolute atomic E-state index is 13.6. The first kappa shape index (κ1) is 15.4. The van der Waals surface area contributed by atoms with E-state index >= 15 is 0 Å². The molecular formula is C16H18FN5O. The molecule has 1 saturated heterocycles. The standard InChI is InChI=1S/C16H18FN5O/c1-21-6-8-22(9-7-21)15-10-14(18-11-19-15)20-16(23)12-4-2-3-5-13(12)17/h2-5,10-11H,6-9H2,1H3,(H,18,19,20,23). The van der Waals surface area contributed by atoms with Crippen LogP contribution in [0.15, 0.2) is 36.7 Å². The average Bonchev–Trinajstić information content (AvgIpc) is 2.56. The Morgan fingerprint density at radius 2 is 1.91 bits per heavy atom. The van der Waals surface area contributed by atoms with Crippen LogP contribution < -0.4 is 10.2 Å². The molecule has 2 heterocycles. The first-order valence-electron chi connectivity index (χ1n) is 7.45. The molecule has 0 aliphatic carbocycles. The molecule has 0 bridgehead atoms. The molecule has 7 heteroatoms. The summed E-state index contributed by atoms with van der Waals surface area (Å²) in [6.45, 7) is 3.66. The van der Waals surface area contributed by atoms with Crippen molar-refractivity contribution in [1.82, 2.24) is 14.9 Å². The number of aromatic nitrogens is 2. The Kier molecular flexibility index (Phi) is 4.47. The van der Waals surface area contributed by atoms with E-state index in [0.29, 0.717) is 5.82 Å². The van der Waals surface area contributed by atoms with Crippen molar-refractivity contribution in [3.05, 3.63) is 48.0 Å². The average molecular weight is 315 g/mol. The lowest BCUT2D eigenvalue weighted by atomic mass is 10.2. The number of carbonyl (C=O) groups excluding carboxylic acids is 1. The van der Waals surface area contributed by atoms with Crippen LogP contribution in [0.1, 0.15) is 10.4 Å². The summed E-state index contributed by atoms with van der Waals surface area (Å²) in [6, 6.07) is 7.57. The number of amides is 1. The molecule has 0 saturated carbocycles. The van der Waals surface area contributed by atoms with E-state index in [1.54, 1.807) is 18.2 Å². The zero-order chi connectivity index (χ0) is 16.2. The molecule has 0 radical (unpaired) electrons. The lowest BCUT2D eigenvalue weighted by Gasteiger charge is -2.33. The predicted octanol–water partition coefficient (Wildman–Crippen LogP) is 1.62. The molecule has 1 aliphatic heterocycles. The zero-order valence-electron chi connectivity index (χ0n) is 12.9. The number of carbonyl (C=O) groups is 1. The normalized spacial score (nSPS) is 15.5. The lowest BCUT2D eigenvalue weighted by molar-refractivity contribution is 0.102. The highest BCUT2D eigenvalue weighted by Gasteiger charge is 2.17. The van der Waals surface area contributed by atoms with Gasteiger partial charge in [-0.15, -0.1) is 0 Å². The Hall–Kier alpha value is -2.54. The largest absolute Gasteiger partial charge is 0.354 e. The summed E-state index contributed by atoms with van der Waals surface area (Å²) in [5, 5.41) is 2.62. The minimum atomic E-state index is -0.557.